The smallest absolute Gasteiger partial charge is 0.377 e. The number of aryl methyl sites for hydroxylation is 1. The van der Waals surface area contributed by atoms with E-state index in [0.717, 1.165) is 45.3 Å². The Morgan fingerprint density at radius 3 is 2.21 bits per heavy atom. The van der Waals surface area contributed by atoms with Crippen molar-refractivity contribution < 1.29 is 23.8 Å². The van der Waals surface area contributed by atoms with Crippen LogP contribution in [0.2, 0.25) is 5.02 Å². The fraction of sp³-hybridized carbons (Fsp3) is 0.833. The average molecular weight is 457 g/mol. The zero-order chi connectivity index (χ0) is 21.0. The van der Waals surface area contributed by atoms with E-state index in [1.807, 2.05) is 6.92 Å². The van der Waals surface area contributed by atoms with Gasteiger partial charge < -0.3 is 19.3 Å². The maximum atomic E-state index is 11.4. The van der Waals surface area contributed by atoms with E-state index in [2.05, 4.69) is 12.0 Å². The maximum absolute atomic E-state index is 11.4. The van der Waals surface area contributed by atoms with Crippen molar-refractivity contribution >= 4 is 36.4 Å². The van der Waals surface area contributed by atoms with E-state index in [9.17, 15) is 14.4 Å². The predicted octanol–water partition coefficient (Wildman–Crippen LogP) is 4.49. The first-order chi connectivity index (χ1) is 13.3. The van der Waals surface area contributed by atoms with Gasteiger partial charge in [-0.05, 0) is 26.2 Å². The number of rotatable bonds is 16. The van der Waals surface area contributed by atoms with Crippen molar-refractivity contribution in [2.24, 2.45) is 7.05 Å². The largest absolute Gasteiger partial charge is 0.381 e. The number of hydrogen-bond donors (Lipinski definition) is 2. The summed E-state index contributed by atoms with van der Waals surface area (Å²) in [6.45, 7) is 6.43. The third-order valence-electron chi connectivity index (χ3n) is 4.15. The van der Waals surface area contributed by atoms with Crippen LogP contribution in [0.1, 0.15) is 65.2 Å². The molecule has 0 amide bonds. The van der Waals surface area contributed by atoms with Crippen LogP contribution in [0.4, 0.5) is 0 Å². The zero-order valence-electron chi connectivity index (χ0n) is 17.1. The van der Waals surface area contributed by atoms with Crippen molar-refractivity contribution in [1.29, 1.82) is 0 Å². The quantitative estimate of drug-likeness (QED) is 0.164. The summed E-state index contributed by atoms with van der Waals surface area (Å²) < 4.78 is 24.2. The lowest BCUT2D eigenvalue weighted by Gasteiger charge is -2.13. The lowest BCUT2D eigenvalue weighted by molar-refractivity contribution is 0.114. The van der Waals surface area contributed by atoms with E-state index < -0.39 is 7.60 Å². The van der Waals surface area contributed by atoms with E-state index >= 15 is 0 Å². The fourth-order valence-electron chi connectivity index (χ4n) is 2.62. The van der Waals surface area contributed by atoms with Gasteiger partial charge in [-0.25, -0.2) is 0 Å². The van der Waals surface area contributed by atoms with Crippen LogP contribution in [0.25, 0.3) is 0 Å². The molecule has 7 nitrogen and oxygen atoms in total. The van der Waals surface area contributed by atoms with Gasteiger partial charge in [0.2, 0.25) is 0 Å². The van der Waals surface area contributed by atoms with Gasteiger partial charge in [0.15, 0.2) is 5.44 Å². The van der Waals surface area contributed by atoms with Crippen molar-refractivity contribution in [3.05, 3.63) is 5.02 Å². The highest BCUT2D eigenvalue weighted by Gasteiger charge is 2.29. The average Bonchev–Trinajstić information content (AvgIpc) is 2.91. The van der Waals surface area contributed by atoms with Crippen LogP contribution in [0.5, 0.6) is 0 Å². The third kappa shape index (κ3) is 10.1. The molecule has 0 saturated heterocycles. The summed E-state index contributed by atoms with van der Waals surface area (Å²) in [5, 5.41) is 4.31. The molecule has 1 rings (SSSR count). The predicted molar refractivity (Wildman–Crippen MR) is 115 cm³/mol. The highest BCUT2D eigenvalue weighted by Crippen LogP contribution is 2.40. The highest BCUT2D eigenvalue weighted by atomic mass is 35.5. The Morgan fingerprint density at radius 2 is 1.68 bits per heavy atom. The SMILES string of the molecule is CCCCCCOCCCCCCOC(C)Sc1c(Cl)c(P(=O)(O)O)nn1C. The summed E-state index contributed by atoms with van der Waals surface area (Å²) in [5.74, 6) is 0. The number of thioether (sulfide) groups is 1. The first-order valence-electron chi connectivity index (χ1n) is 9.92. The van der Waals surface area contributed by atoms with Crippen molar-refractivity contribution in [3.63, 3.8) is 0 Å². The molecule has 28 heavy (non-hydrogen) atoms. The lowest BCUT2D eigenvalue weighted by atomic mass is 10.2. The molecule has 0 fully saturated rings. The Bertz CT molecular complexity index is 611. The topological polar surface area (TPSA) is 93.8 Å². The van der Waals surface area contributed by atoms with Crippen LogP contribution in [0.15, 0.2) is 5.03 Å². The van der Waals surface area contributed by atoms with Crippen LogP contribution in [-0.4, -0.2) is 44.8 Å². The van der Waals surface area contributed by atoms with Gasteiger partial charge >= 0.3 is 7.60 Å². The molecule has 164 valence electrons. The molecule has 0 aromatic carbocycles. The lowest BCUT2D eigenvalue weighted by Crippen LogP contribution is -2.08. The number of nitrogens with zero attached hydrogens (tertiary/aromatic N) is 2. The summed E-state index contributed by atoms with van der Waals surface area (Å²) in [7, 11) is -2.88. The molecular weight excluding hydrogens is 423 g/mol. The van der Waals surface area contributed by atoms with Gasteiger partial charge in [-0.1, -0.05) is 62.4 Å². The second kappa shape index (κ2) is 14.0. The van der Waals surface area contributed by atoms with E-state index in [0.29, 0.717) is 11.6 Å². The van der Waals surface area contributed by atoms with Crippen molar-refractivity contribution in [2.75, 3.05) is 19.8 Å². The maximum Gasteiger partial charge on any atom is 0.377 e. The summed E-state index contributed by atoms with van der Waals surface area (Å²) >= 11 is 7.37. The molecule has 1 unspecified atom stereocenters. The van der Waals surface area contributed by atoms with Crippen molar-refractivity contribution in [2.45, 2.75) is 75.7 Å². The van der Waals surface area contributed by atoms with Gasteiger partial charge in [0.05, 0.1) is 0 Å². The molecule has 0 aliphatic carbocycles. The first-order valence-corrected chi connectivity index (χ1v) is 12.8. The zero-order valence-corrected chi connectivity index (χ0v) is 19.6. The third-order valence-corrected chi connectivity index (χ3v) is 6.78. The van der Waals surface area contributed by atoms with E-state index in [1.165, 1.54) is 35.7 Å². The van der Waals surface area contributed by atoms with Gasteiger partial charge in [0.1, 0.15) is 15.5 Å². The summed E-state index contributed by atoms with van der Waals surface area (Å²) in [5.41, 5.74) is -0.581. The number of unbranched alkanes of at least 4 members (excludes halogenated alkanes) is 6. The Kier molecular flexibility index (Phi) is 13.0. The molecule has 1 atom stereocenters. The minimum absolute atomic E-state index is 0.00835. The molecule has 0 spiro atoms. The van der Waals surface area contributed by atoms with Gasteiger partial charge in [-0.15, -0.1) is 0 Å². The molecule has 1 aromatic heterocycles. The first kappa shape index (κ1) is 26.0. The Labute approximate surface area is 177 Å². The minimum atomic E-state index is -4.48. The fourth-order valence-corrected chi connectivity index (χ4v) is 4.80. The van der Waals surface area contributed by atoms with Gasteiger partial charge in [0, 0.05) is 26.9 Å². The van der Waals surface area contributed by atoms with Gasteiger partial charge in [-0.3, -0.25) is 9.25 Å². The Balaban J connectivity index is 2.13. The van der Waals surface area contributed by atoms with Crippen LogP contribution >= 0.6 is 31.0 Å². The minimum Gasteiger partial charge on any atom is -0.381 e. The number of halogens is 1. The number of ether oxygens (including phenoxy) is 2. The molecule has 0 bridgehead atoms. The van der Waals surface area contributed by atoms with Gasteiger partial charge in [0.25, 0.3) is 0 Å². The molecule has 0 saturated carbocycles. The standard InChI is InChI=1S/C18H34ClN2O5PS/c1-4-5-6-9-12-25-13-10-7-8-11-14-26-15(2)28-18-16(19)17(20-21(18)3)27(22,23)24/h15H,4-14H2,1-3H3,(H2,22,23,24). The van der Waals surface area contributed by atoms with Gasteiger partial charge in [-0.2, -0.15) is 5.10 Å². The molecule has 0 aliphatic rings. The normalized spacial score (nSPS) is 13.2. The van der Waals surface area contributed by atoms with Crippen LogP contribution in [0.3, 0.4) is 0 Å². The van der Waals surface area contributed by atoms with E-state index in [4.69, 9.17) is 21.1 Å². The summed E-state index contributed by atoms with van der Waals surface area (Å²) in [6, 6.07) is 0. The number of hydrogen-bond acceptors (Lipinski definition) is 5. The molecular formula is C18H34ClN2O5PS. The van der Waals surface area contributed by atoms with Crippen LogP contribution < -0.4 is 5.44 Å². The molecule has 1 aromatic rings. The summed E-state index contributed by atoms with van der Waals surface area (Å²) in [4.78, 5) is 18.5. The van der Waals surface area contributed by atoms with Crippen LogP contribution in [0, 0.1) is 0 Å². The summed E-state index contributed by atoms with van der Waals surface area (Å²) in [6.07, 6.45) is 9.22. The highest BCUT2D eigenvalue weighted by molar-refractivity contribution is 7.99. The Hall–Kier alpha value is -0.0800. The molecule has 1 heterocycles. The second-order valence-electron chi connectivity index (χ2n) is 6.75. The monoisotopic (exact) mass is 456 g/mol. The Morgan fingerprint density at radius 1 is 1.11 bits per heavy atom. The molecule has 0 aliphatic heterocycles. The van der Waals surface area contributed by atoms with Crippen molar-refractivity contribution in [3.8, 4) is 0 Å². The molecule has 0 radical (unpaired) electrons. The van der Waals surface area contributed by atoms with Crippen molar-refractivity contribution in [1.82, 2.24) is 9.78 Å². The van der Waals surface area contributed by atoms with E-state index in [1.54, 1.807) is 7.05 Å². The van der Waals surface area contributed by atoms with Crippen LogP contribution in [-0.2, 0) is 21.1 Å². The molecule has 2 N–H and O–H groups in total. The van der Waals surface area contributed by atoms with E-state index in [-0.39, 0.29) is 15.9 Å². The second-order valence-corrected chi connectivity index (χ2v) is 9.93. The molecule has 10 heteroatoms. The number of aromatic nitrogens is 2.